The van der Waals surface area contributed by atoms with E-state index in [-0.39, 0.29) is 5.54 Å². The minimum absolute atomic E-state index is 0.209. The monoisotopic (exact) mass is 287 g/mol. The first-order valence-corrected chi connectivity index (χ1v) is 7.51. The minimum Gasteiger partial charge on any atom is -0.302 e. The van der Waals surface area contributed by atoms with Gasteiger partial charge in [-0.2, -0.15) is 0 Å². The Kier molecular flexibility index (Phi) is 4.85. The Morgan fingerprint density at radius 1 is 1.05 bits per heavy atom. The van der Waals surface area contributed by atoms with Crippen LogP contribution in [0.2, 0.25) is 0 Å². The van der Waals surface area contributed by atoms with Gasteiger partial charge in [-0.15, -0.1) is 11.6 Å². The van der Waals surface area contributed by atoms with E-state index in [0.29, 0.717) is 5.88 Å². The van der Waals surface area contributed by atoms with Crippen molar-refractivity contribution in [3.05, 3.63) is 70.8 Å². The Morgan fingerprint density at radius 2 is 1.75 bits per heavy atom. The van der Waals surface area contributed by atoms with Crippen LogP contribution in [0, 0.1) is 13.8 Å². The summed E-state index contributed by atoms with van der Waals surface area (Å²) in [6.07, 6.45) is 0. The highest BCUT2D eigenvalue weighted by molar-refractivity contribution is 6.18. The van der Waals surface area contributed by atoms with Gasteiger partial charge in [0.05, 0.1) is 5.54 Å². The van der Waals surface area contributed by atoms with Crippen molar-refractivity contribution in [3.63, 3.8) is 0 Å². The maximum Gasteiger partial charge on any atom is 0.0545 e. The fourth-order valence-electron chi connectivity index (χ4n) is 2.31. The topological polar surface area (TPSA) is 12.0 Å². The summed E-state index contributed by atoms with van der Waals surface area (Å²) in [6, 6.07) is 16.9. The van der Waals surface area contributed by atoms with E-state index in [1.165, 1.54) is 22.3 Å². The number of hydrogen-bond donors (Lipinski definition) is 1. The molecule has 20 heavy (non-hydrogen) atoms. The molecule has 1 atom stereocenters. The molecule has 2 aromatic carbocycles. The van der Waals surface area contributed by atoms with Gasteiger partial charge in [-0.25, -0.2) is 0 Å². The van der Waals surface area contributed by atoms with E-state index < -0.39 is 0 Å². The molecule has 0 saturated carbocycles. The van der Waals surface area contributed by atoms with Crippen LogP contribution in [-0.4, -0.2) is 5.88 Å². The summed E-state index contributed by atoms with van der Waals surface area (Å²) in [7, 11) is 0. The second-order valence-electron chi connectivity index (χ2n) is 5.62. The largest absolute Gasteiger partial charge is 0.302 e. The third-order valence-corrected chi connectivity index (χ3v) is 4.39. The Balaban J connectivity index is 2.17. The quantitative estimate of drug-likeness (QED) is 0.796. The molecular weight excluding hydrogens is 266 g/mol. The Morgan fingerprint density at radius 3 is 2.40 bits per heavy atom. The van der Waals surface area contributed by atoms with Crippen molar-refractivity contribution in [2.45, 2.75) is 32.9 Å². The molecule has 106 valence electrons. The zero-order chi connectivity index (χ0) is 14.6. The highest BCUT2D eigenvalue weighted by Crippen LogP contribution is 2.23. The Bertz CT molecular complexity index is 565. The normalized spacial score (nSPS) is 14.0. The number of nitrogens with one attached hydrogen (secondary N) is 1. The van der Waals surface area contributed by atoms with E-state index in [1.54, 1.807) is 0 Å². The highest BCUT2D eigenvalue weighted by atomic mass is 35.5. The molecule has 0 spiro atoms. The summed E-state index contributed by atoms with van der Waals surface area (Å²) in [5.41, 5.74) is 4.95. The molecule has 0 aliphatic rings. The summed E-state index contributed by atoms with van der Waals surface area (Å²) >= 11 is 6.22. The predicted molar refractivity (Wildman–Crippen MR) is 87.3 cm³/mol. The van der Waals surface area contributed by atoms with Gasteiger partial charge in [0.2, 0.25) is 0 Å². The third-order valence-electron chi connectivity index (χ3n) is 3.85. The molecule has 0 aliphatic carbocycles. The van der Waals surface area contributed by atoms with Gasteiger partial charge in [0, 0.05) is 12.4 Å². The summed E-state index contributed by atoms with van der Waals surface area (Å²) in [6.45, 7) is 7.25. The molecule has 1 N–H and O–H groups in total. The average Bonchev–Trinajstić information content (AvgIpc) is 2.49. The van der Waals surface area contributed by atoms with E-state index >= 15 is 0 Å². The number of rotatable bonds is 5. The molecule has 0 radical (unpaired) electrons. The van der Waals surface area contributed by atoms with Crippen molar-refractivity contribution in [1.29, 1.82) is 0 Å². The highest BCUT2D eigenvalue weighted by Gasteiger charge is 2.24. The Labute approximate surface area is 127 Å². The van der Waals surface area contributed by atoms with Crippen molar-refractivity contribution in [2.75, 3.05) is 5.88 Å². The van der Waals surface area contributed by atoms with Gasteiger partial charge in [-0.1, -0.05) is 54.1 Å². The van der Waals surface area contributed by atoms with Crippen LogP contribution in [0.3, 0.4) is 0 Å². The number of aryl methyl sites for hydroxylation is 2. The van der Waals surface area contributed by atoms with E-state index in [9.17, 15) is 0 Å². The molecule has 1 unspecified atom stereocenters. The number of alkyl halides is 1. The van der Waals surface area contributed by atoms with Crippen molar-refractivity contribution >= 4 is 11.6 Å². The van der Waals surface area contributed by atoms with Crippen LogP contribution in [0.15, 0.2) is 48.5 Å². The van der Waals surface area contributed by atoms with Crippen molar-refractivity contribution in [3.8, 4) is 0 Å². The van der Waals surface area contributed by atoms with Crippen LogP contribution in [0.5, 0.6) is 0 Å². The second kappa shape index (κ2) is 6.43. The fraction of sp³-hybridized carbons (Fsp3) is 0.333. The first-order chi connectivity index (χ1) is 9.55. The number of halogens is 1. The van der Waals surface area contributed by atoms with E-state index in [2.05, 4.69) is 68.6 Å². The molecule has 0 saturated heterocycles. The summed E-state index contributed by atoms with van der Waals surface area (Å²) in [5, 5.41) is 3.61. The smallest absolute Gasteiger partial charge is 0.0545 e. The molecule has 0 bridgehead atoms. The average molecular weight is 288 g/mol. The maximum atomic E-state index is 6.22. The van der Waals surface area contributed by atoms with Gasteiger partial charge >= 0.3 is 0 Å². The van der Waals surface area contributed by atoms with Gasteiger partial charge in [-0.05, 0) is 37.5 Å². The first kappa shape index (κ1) is 15.1. The second-order valence-corrected chi connectivity index (χ2v) is 5.88. The van der Waals surface area contributed by atoms with Crippen molar-refractivity contribution in [1.82, 2.24) is 5.32 Å². The van der Waals surface area contributed by atoms with Gasteiger partial charge in [0.25, 0.3) is 0 Å². The lowest BCUT2D eigenvalue weighted by Gasteiger charge is -2.30. The lowest BCUT2D eigenvalue weighted by molar-refractivity contribution is 0.406. The maximum absolute atomic E-state index is 6.22. The van der Waals surface area contributed by atoms with Crippen LogP contribution in [-0.2, 0) is 12.1 Å². The predicted octanol–water partition coefficient (Wildman–Crippen LogP) is 4.55. The molecule has 2 heteroatoms. The Hall–Kier alpha value is -1.31. The summed E-state index contributed by atoms with van der Waals surface area (Å²) in [5.74, 6) is 0.544. The summed E-state index contributed by atoms with van der Waals surface area (Å²) < 4.78 is 0. The third kappa shape index (κ3) is 3.41. The minimum atomic E-state index is -0.209. The molecule has 0 aromatic heterocycles. The van der Waals surface area contributed by atoms with Crippen molar-refractivity contribution in [2.24, 2.45) is 0 Å². The van der Waals surface area contributed by atoms with Crippen LogP contribution in [0.25, 0.3) is 0 Å². The van der Waals surface area contributed by atoms with Crippen molar-refractivity contribution < 1.29 is 0 Å². The number of hydrogen-bond acceptors (Lipinski definition) is 1. The molecule has 0 fully saturated rings. The van der Waals surface area contributed by atoms with E-state index in [0.717, 1.165) is 6.54 Å². The molecular formula is C18H22ClN. The standard InChI is InChI=1S/C18H22ClN/c1-14-9-10-15(2)16(11-14)12-20-18(3,13-19)17-7-5-4-6-8-17/h4-11,20H,12-13H2,1-3H3. The summed E-state index contributed by atoms with van der Waals surface area (Å²) in [4.78, 5) is 0. The molecule has 2 rings (SSSR count). The molecule has 0 amide bonds. The zero-order valence-electron chi connectivity index (χ0n) is 12.4. The molecule has 0 aliphatic heterocycles. The van der Waals surface area contributed by atoms with Gasteiger partial charge < -0.3 is 5.32 Å². The molecule has 0 heterocycles. The molecule has 2 aromatic rings. The van der Waals surface area contributed by atoms with Gasteiger partial charge in [-0.3, -0.25) is 0 Å². The van der Waals surface area contributed by atoms with Gasteiger partial charge in [0.15, 0.2) is 0 Å². The lowest BCUT2D eigenvalue weighted by atomic mass is 9.93. The van der Waals surface area contributed by atoms with Crippen LogP contribution in [0.4, 0.5) is 0 Å². The van der Waals surface area contributed by atoms with Crippen LogP contribution < -0.4 is 5.32 Å². The SMILES string of the molecule is Cc1ccc(C)c(CNC(C)(CCl)c2ccccc2)c1. The fourth-order valence-corrected chi connectivity index (χ4v) is 2.56. The van der Waals surface area contributed by atoms with Gasteiger partial charge in [0.1, 0.15) is 0 Å². The lowest BCUT2D eigenvalue weighted by Crippen LogP contribution is -2.41. The van der Waals surface area contributed by atoms with Crippen LogP contribution >= 0.6 is 11.6 Å². The van der Waals surface area contributed by atoms with Crippen LogP contribution in [0.1, 0.15) is 29.2 Å². The first-order valence-electron chi connectivity index (χ1n) is 6.98. The van der Waals surface area contributed by atoms with E-state index in [4.69, 9.17) is 11.6 Å². The molecule has 1 nitrogen and oxygen atoms in total. The van der Waals surface area contributed by atoms with E-state index in [1.807, 2.05) is 6.07 Å². The number of benzene rings is 2. The zero-order valence-corrected chi connectivity index (χ0v) is 13.2.